The van der Waals surface area contributed by atoms with E-state index in [2.05, 4.69) is 52.4 Å². The van der Waals surface area contributed by atoms with Crippen LogP contribution in [-0.2, 0) is 13.1 Å². The topological polar surface area (TPSA) is 92.3 Å². The molecule has 0 unspecified atom stereocenters. The molecule has 1 fully saturated rings. The van der Waals surface area contributed by atoms with Gasteiger partial charge in [0.25, 0.3) is 0 Å². The number of halogens is 1. The lowest BCUT2D eigenvalue weighted by molar-refractivity contribution is 0.250. The average Bonchev–Trinajstić information content (AvgIpc) is 3.58. The number of nitrogens with zero attached hydrogens (tertiary/aromatic N) is 9. The van der Waals surface area contributed by atoms with Crippen molar-refractivity contribution >= 4 is 33.7 Å². The quantitative estimate of drug-likeness (QED) is 0.327. The van der Waals surface area contributed by atoms with Crippen LogP contribution in [0.4, 0.5) is 21.7 Å². The summed E-state index contributed by atoms with van der Waals surface area (Å²) in [5.41, 5.74) is 4.88. The van der Waals surface area contributed by atoms with E-state index in [1.54, 1.807) is 24.8 Å². The van der Waals surface area contributed by atoms with E-state index in [-0.39, 0.29) is 5.82 Å². The zero-order valence-electron chi connectivity index (χ0n) is 21.7. The van der Waals surface area contributed by atoms with Crippen LogP contribution < -0.4 is 10.2 Å². The lowest BCUT2D eigenvalue weighted by atomic mass is 10.2. The van der Waals surface area contributed by atoms with Crippen LogP contribution >= 0.6 is 0 Å². The molecule has 0 aliphatic carbocycles. The Morgan fingerprint density at radius 2 is 1.80 bits per heavy atom. The monoisotopic (exact) mass is 534 g/mol. The summed E-state index contributed by atoms with van der Waals surface area (Å²) in [6.07, 6.45) is 10.6. The van der Waals surface area contributed by atoms with Crippen molar-refractivity contribution in [2.75, 3.05) is 36.4 Å². The highest BCUT2D eigenvalue weighted by Crippen LogP contribution is 2.27. The Kier molecular flexibility index (Phi) is 6.25. The smallest absolute Gasteiger partial charge is 0.158 e. The van der Waals surface area contributed by atoms with Crippen molar-refractivity contribution < 1.29 is 4.39 Å². The van der Waals surface area contributed by atoms with Crippen LogP contribution in [0.15, 0.2) is 85.8 Å². The van der Waals surface area contributed by atoms with Crippen molar-refractivity contribution in [1.82, 2.24) is 39.2 Å². The van der Waals surface area contributed by atoms with Crippen LogP contribution in [0.3, 0.4) is 0 Å². The molecule has 5 heterocycles. The average molecular weight is 535 g/mol. The van der Waals surface area contributed by atoms with Gasteiger partial charge >= 0.3 is 0 Å². The summed E-state index contributed by atoms with van der Waals surface area (Å²) in [5.74, 6) is 1.43. The minimum atomic E-state index is -0.245. The number of hydrogen-bond acceptors (Lipinski definition) is 8. The molecule has 0 atom stereocenters. The Morgan fingerprint density at radius 3 is 2.65 bits per heavy atom. The summed E-state index contributed by atoms with van der Waals surface area (Å²) in [6.45, 7) is 4.97. The minimum Gasteiger partial charge on any atom is -0.353 e. The minimum absolute atomic E-state index is 0.245. The molecule has 40 heavy (non-hydrogen) atoms. The molecule has 1 N–H and O–H groups in total. The SMILES string of the molecule is Fc1cccc(Cn2ncc3cc(Nc4ncnn5ccc(CN6CCN(c7cnccn7)CC6)c45)ccc32)c1. The third-order valence-electron chi connectivity index (χ3n) is 7.30. The summed E-state index contributed by atoms with van der Waals surface area (Å²) in [7, 11) is 0. The second-order valence-electron chi connectivity index (χ2n) is 9.90. The predicted molar refractivity (Wildman–Crippen MR) is 151 cm³/mol. The van der Waals surface area contributed by atoms with Gasteiger partial charge in [0, 0.05) is 62.4 Å². The van der Waals surface area contributed by atoms with Gasteiger partial charge in [0.2, 0.25) is 0 Å². The first-order chi connectivity index (χ1) is 19.7. The molecule has 0 saturated carbocycles. The zero-order valence-corrected chi connectivity index (χ0v) is 21.7. The van der Waals surface area contributed by atoms with Gasteiger partial charge in [-0.2, -0.15) is 10.2 Å². The maximum Gasteiger partial charge on any atom is 0.158 e. The summed E-state index contributed by atoms with van der Waals surface area (Å²) in [5, 5.41) is 13.5. The predicted octanol–water partition coefficient (Wildman–Crippen LogP) is 4.12. The molecule has 0 spiro atoms. The van der Waals surface area contributed by atoms with Crippen LogP contribution in [-0.4, -0.2) is 65.4 Å². The molecule has 0 bridgehead atoms. The normalized spacial score (nSPS) is 14.3. The number of aromatic nitrogens is 7. The van der Waals surface area contributed by atoms with Crippen molar-refractivity contribution in [2.24, 2.45) is 0 Å². The first-order valence-corrected chi connectivity index (χ1v) is 13.2. The van der Waals surface area contributed by atoms with Crippen molar-refractivity contribution in [2.45, 2.75) is 13.1 Å². The molecular weight excluding hydrogens is 507 g/mol. The molecule has 7 rings (SSSR count). The fraction of sp³-hybridized carbons (Fsp3) is 0.207. The van der Waals surface area contributed by atoms with E-state index in [0.29, 0.717) is 6.54 Å². The van der Waals surface area contributed by atoms with Gasteiger partial charge in [-0.3, -0.25) is 14.6 Å². The Morgan fingerprint density at radius 1 is 0.875 bits per heavy atom. The van der Waals surface area contributed by atoms with Crippen LogP contribution in [0.5, 0.6) is 0 Å². The van der Waals surface area contributed by atoms with Gasteiger partial charge in [0.1, 0.15) is 23.5 Å². The summed E-state index contributed by atoms with van der Waals surface area (Å²) in [6, 6.07) is 14.8. The molecule has 10 nitrogen and oxygen atoms in total. The Labute approximate surface area is 229 Å². The molecule has 11 heteroatoms. The van der Waals surface area contributed by atoms with Crippen LogP contribution in [0.1, 0.15) is 11.1 Å². The van der Waals surface area contributed by atoms with Crippen molar-refractivity contribution in [1.29, 1.82) is 0 Å². The van der Waals surface area contributed by atoms with E-state index in [4.69, 9.17) is 0 Å². The molecule has 0 radical (unpaired) electrons. The lowest BCUT2D eigenvalue weighted by Crippen LogP contribution is -2.46. The van der Waals surface area contributed by atoms with E-state index >= 15 is 0 Å². The highest BCUT2D eigenvalue weighted by molar-refractivity contribution is 5.85. The van der Waals surface area contributed by atoms with Crippen LogP contribution in [0.2, 0.25) is 0 Å². The number of fused-ring (bicyclic) bond motifs is 2. The first-order valence-electron chi connectivity index (χ1n) is 13.2. The van der Waals surface area contributed by atoms with E-state index < -0.39 is 0 Å². The summed E-state index contributed by atoms with van der Waals surface area (Å²) < 4.78 is 17.4. The molecule has 6 aromatic rings. The van der Waals surface area contributed by atoms with Gasteiger partial charge in [-0.1, -0.05) is 12.1 Å². The fourth-order valence-electron chi connectivity index (χ4n) is 5.30. The van der Waals surface area contributed by atoms with Crippen molar-refractivity contribution in [3.8, 4) is 0 Å². The van der Waals surface area contributed by atoms with Gasteiger partial charge in [-0.05, 0) is 47.5 Å². The molecule has 1 aliphatic heterocycles. The number of piperazine rings is 1. The van der Waals surface area contributed by atoms with Gasteiger partial charge in [-0.25, -0.2) is 18.9 Å². The molecular formula is C29H27FN10. The summed E-state index contributed by atoms with van der Waals surface area (Å²) in [4.78, 5) is 17.9. The third-order valence-corrected chi connectivity index (χ3v) is 7.30. The first kappa shape index (κ1) is 24.2. The van der Waals surface area contributed by atoms with E-state index in [9.17, 15) is 4.39 Å². The summed E-state index contributed by atoms with van der Waals surface area (Å²) >= 11 is 0. The van der Waals surface area contributed by atoms with Gasteiger partial charge < -0.3 is 10.2 Å². The highest BCUT2D eigenvalue weighted by atomic mass is 19.1. The van der Waals surface area contributed by atoms with Crippen LogP contribution in [0.25, 0.3) is 16.4 Å². The van der Waals surface area contributed by atoms with Gasteiger partial charge in [0.05, 0.1) is 24.5 Å². The maximum atomic E-state index is 13.6. The fourth-order valence-corrected chi connectivity index (χ4v) is 5.30. The lowest BCUT2D eigenvalue weighted by Gasteiger charge is -2.35. The molecule has 0 amide bonds. The van der Waals surface area contributed by atoms with E-state index in [1.165, 1.54) is 17.7 Å². The van der Waals surface area contributed by atoms with Gasteiger partial charge in [0.15, 0.2) is 5.82 Å². The number of benzene rings is 2. The number of nitrogens with one attached hydrogen (secondary N) is 1. The second kappa shape index (κ2) is 10.3. The zero-order chi connectivity index (χ0) is 26.9. The number of hydrogen-bond donors (Lipinski definition) is 1. The number of rotatable bonds is 7. The Hall–Kier alpha value is -4.90. The standard InChI is InChI=1S/C29H27FN10/c30-24-3-1-2-21(14-24)18-40-26-5-4-25(15-23(26)16-34-40)36-29-28-22(6-9-39(28)35-20-33-29)19-37-10-12-38(13-11-37)27-17-31-7-8-32-27/h1-9,14-17,20H,10-13,18-19H2,(H,33,35,36). The van der Waals surface area contributed by atoms with E-state index in [0.717, 1.165) is 72.0 Å². The molecule has 4 aromatic heterocycles. The number of anilines is 3. The van der Waals surface area contributed by atoms with Crippen LogP contribution in [0, 0.1) is 5.82 Å². The molecule has 2 aromatic carbocycles. The molecule has 1 saturated heterocycles. The van der Waals surface area contributed by atoms with E-state index in [1.807, 2.05) is 46.0 Å². The van der Waals surface area contributed by atoms with Crippen molar-refractivity contribution in [3.63, 3.8) is 0 Å². The largest absolute Gasteiger partial charge is 0.353 e. The second-order valence-corrected chi connectivity index (χ2v) is 9.90. The molecule has 1 aliphatic rings. The third kappa shape index (κ3) is 4.82. The Bertz CT molecular complexity index is 1770. The maximum absolute atomic E-state index is 13.6. The Balaban J connectivity index is 1.08. The molecule has 200 valence electrons. The van der Waals surface area contributed by atoms with Crippen molar-refractivity contribution in [3.05, 3.63) is 103 Å². The van der Waals surface area contributed by atoms with Gasteiger partial charge in [-0.15, -0.1) is 0 Å². The highest BCUT2D eigenvalue weighted by Gasteiger charge is 2.20.